The highest BCUT2D eigenvalue weighted by molar-refractivity contribution is 7.91. The largest absolute Gasteiger partial charge is 0.484 e. The van der Waals surface area contributed by atoms with E-state index in [-0.39, 0.29) is 30.1 Å². The van der Waals surface area contributed by atoms with Gasteiger partial charge in [-0.2, -0.15) is 0 Å². The lowest BCUT2D eigenvalue weighted by molar-refractivity contribution is -0.136. The summed E-state index contributed by atoms with van der Waals surface area (Å²) in [4.78, 5) is 14.6. The van der Waals surface area contributed by atoms with Crippen LogP contribution in [0.1, 0.15) is 23.1 Å². The van der Waals surface area contributed by atoms with Crippen molar-refractivity contribution in [3.63, 3.8) is 0 Å². The van der Waals surface area contributed by atoms with Gasteiger partial charge in [0.1, 0.15) is 5.75 Å². The van der Waals surface area contributed by atoms with Crippen molar-refractivity contribution in [3.05, 3.63) is 64.2 Å². The molecular weight excluding hydrogens is 398 g/mol. The van der Waals surface area contributed by atoms with Gasteiger partial charge in [-0.25, -0.2) is 8.42 Å². The molecule has 0 N–H and O–H groups in total. The van der Waals surface area contributed by atoms with Crippen molar-refractivity contribution in [2.75, 3.05) is 18.1 Å². The van der Waals surface area contributed by atoms with Crippen LogP contribution >= 0.6 is 11.6 Å². The zero-order chi connectivity index (χ0) is 20.3. The van der Waals surface area contributed by atoms with Crippen LogP contribution in [0.3, 0.4) is 0 Å². The second kappa shape index (κ2) is 8.53. The third-order valence-corrected chi connectivity index (χ3v) is 7.28. The number of aryl methyl sites for hydroxylation is 2. The number of benzene rings is 2. The number of ether oxygens (including phenoxy) is 1. The van der Waals surface area contributed by atoms with Crippen LogP contribution in [0.5, 0.6) is 5.75 Å². The van der Waals surface area contributed by atoms with E-state index in [1.165, 1.54) is 0 Å². The summed E-state index contributed by atoms with van der Waals surface area (Å²) in [6.07, 6.45) is 0.458. The highest BCUT2D eigenvalue weighted by Crippen LogP contribution is 2.26. The number of rotatable bonds is 6. The fourth-order valence-electron chi connectivity index (χ4n) is 3.44. The van der Waals surface area contributed by atoms with E-state index in [0.717, 1.165) is 16.7 Å². The van der Waals surface area contributed by atoms with Crippen LogP contribution in [-0.2, 0) is 21.2 Å². The first-order valence-corrected chi connectivity index (χ1v) is 11.4. The van der Waals surface area contributed by atoms with Crippen molar-refractivity contribution < 1.29 is 17.9 Å². The maximum Gasteiger partial charge on any atom is 0.261 e. The fourth-order valence-corrected chi connectivity index (χ4v) is 5.28. The van der Waals surface area contributed by atoms with Crippen molar-refractivity contribution in [1.82, 2.24) is 4.90 Å². The van der Waals surface area contributed by atoms with E-state index in [1.54, 1.807) is 17.0 Å². The first kappa shape index (κ1) is 20.7. The molecule has 1 fully saturated rings. The van der Waals surface area contributed by atoms with Gasteiger partial charge in [-0.1, -0.05) is 41.9 Å². The van der Waals surface area contributed by atoms with Crippen molar-refractivity contribution in [2.24, 2.45) is 0 Å². The fraction of sp³-hybridized carbons (Fsp3) is 0.381. The minimum atomic E-state index is -3.10. The number of sulfone groups is 1. The highest BCUT2D eigenvalue weighted by atomic mass is 35.5. The first-order chi connectivity index (χ1) is 13.2. The SMILES string of the molecule is Cc1cc(OCC(=O)N(Cc2ccccc2)[C@H]2CCS(=O)(=O)C2)cc(C)c1Cl. The van der Waals surface area contributed by atoms with E-state index < -0.39 is 9.84 Å². The van der Waals surface area contributed by atoms with Crippen LogP contribution in [0, 0.1) is 13.8 Å². The lowest BCUT2D eigenvalue weighted by Gasteiger charge is -2.28. The quantitative estimate of drug-likeness (QED) is 0.715. The molecule has 0 radical (unpaired) electrons. The lowest BCUT2D eigenvalue weighted by atomic mass is 10.1. The monoisotopic (exact) mass is 421 g/mol. The Bertz CT molecular complexity index is 937. The van der Waals surface area contributed by atoms with Gasteiger partial charge >= 0.3 is 0 Å². The normalized spacial score (nSPS) is 18.0. The second-order valence-electron chi connectivity index (χ2n) is 7.22. The van der Waals surface area contributed by atoms with E-state index in [4.69, 9.17) is 16.3 Å². The van der Waals surface area contributed by atoms with E-state index in [2.05, 4.69) is 0 Å². The third kappa shape index (κ3) is 5.06. The Balaban J connectivity index is 1.74. The summed E-state index contributed by atoms with van der Waals surface area (Å²) in [6.45, 7) is 3.98. The maximum absolute atomic E-state index is 12.9. The predicted octanol–water partition coefficient (Wildman–Crippen LogP) is 3.55. The van der Waals surface area contributed by atoms with Crippen LogP contribution in [0.25, 0.3) is 0 Å². The van der Waals surface area contributed by atoms with Crippen molar-refractivity contribution in [3.8, 4) is 5.75 Å². The first-order valence-electron chi connectivity index (χ1n) is 9.18. The Morgan fingerprint density at radius 1 is 1.18 bits per heavy atom. The summed E-state index contributed by atoms with van der Waals surface area (Å²) in [7, 11) is -3.10. The Morgan fingerprint density at radius 3 is 2.39 bits per heavy atom. The Hall–Kier alpha value is -2.05. The summed E-state index contributed by atoms with van der Waals surface area (Å²) in [5, 5.41) is 0.681. The number of carbonyl (C=O) groups is 1. The van der Waals surface area contributed by atoms with Crippen LogP contribution in [-0.4, -0.2) is 43.4 Å². The molecule has 3 rings (SSSR count). The van der Waals surface area contributed by atoms with Gasteiger partial charge in [-0.15, -0.1) is 0 Å². The van der Waals surface area contributed by atoms with E-state index in [1.807, 2.05) is 44.2 Å². The number of hydrogen-bond donors (Lipinski definition) is 0. The molecule has 7 heteroatoms. The summed E-state index contributed by atoms with van der Waals surface area (Å²) in [5.41, 5.74) is 2.72. The second-order valence-corrected chi connectivity index (χ2v) is 9.83. The van der Waals surface area contributed by atoms with Crippen LogP contribution < -0.4 is 4.74 Å². The molecule has 0 aromatic heterocycles. The molecule has 0 aliphatic carbocycles. The van der Waals surface area contributed by atoms with Crippen molar-refractivity contribution >= 4 is 27.3 Å². The molecule has 150 valence electrons. The summed E-state index contributed by atoms with van der Waals surface area (Å²) < 4.78 is 29.6. The molecule has 1 atom stereocenters. The molecule has 0 saturated carbocycles. The van der Waals surface area contributed by atoms with Gasteiger partial charge in [-0.05, 0) is 49.1 Å². The summed E-state index contributed by atoms with van der Waals surface area (Å²) in [5.74, 6) is 0.472. The molecule has 0 spiro atoms. The Labute approximate surface area is 171 Å². The zero-order valence-corrected chi connectivity index (χ0v) is 17.6. The summed E-state index contributed by atoms with van der Waals surface area (Å²) in [6, 6.07) is 12.8. The maximum atomic E-state index is 12.9. The lowest BCUT2D eigenvalue weighted by Crippen LogP contribution is -2.43. The van der Waals surface area contributed by atoms with Gasteiger partial charge in [0.2, 0.25) is 0 Å². The van der Waals surface area contributed by atoms with Crippen molar-refractivity contribution in [2.45, 2.75) is 32.9 Å². The highest BCUT2D eigenvalue weighted by Gasteiger charge is 2.34. The topological polar surface area (TPSA) is 63.7 Å². The van der Waals surface area contributed by atoms with Gasteiger partial charge in [0.15, 0.2) is 16.4 Å². The number of hydrogen-bond acceptors (Lipinski definition) is 4. The minimum absolute atomic E-state index is 0.00470. The van der Waals surface area contributed by atoms with Crippen LogP contribution in [0.2, 0.25) is 5.02 Å². The molecule has 2 aromatic rings. The standard InChI is InChI=1S/C21H24ClNO4S/c1-15-10-19(11-16(2)21(15)22)27-13-20(24)23(12-17-6-4-3-5-7-17)18-8-9-28(25,26)14-18/h3-7,10-11,18H,8-9,12-14H2,1-2H3/t18-/m0/s1. The zero-order valence-electron chi connectivity index (χ0n) is 16.0. The molecule has 1 amide bonds. The van der Waals surface area contributed by atoms with Crippen LogP contribution in [0.4, 0.5) is 0 Å². The number of carbonyl (C=O) groups excluding carboxylic acids is 1. The Kier molecular flexibility index (Phi) is 6.30. The molecule has 0 bridgehead atoms. The minimum Gasteiger partial charge on any atom is -0.484 e. The van der Waals surface area contributed by atoms with E-state index >= 15 is 0 Å². The molecule has 0 unspecified atom stereocenters. The smallest absolute Gasteiger partial charge is 0.261 e. The van der Waals surface area contributed by atoms with E-state index in [0.29, 0.717) is 23.7 Å². The van der Waals surface area contributed by atoms with E-state index in [9.17, 15) is 13.2 Å². The molecule has 5 nitrogen and oxygen atoms in total. The van der Waals surface area contributed by atoms with Gasteiger partial charge in [-0.3, -0.25) is 4.79 Å². The average Bonchev–Trinajstić information content (AvgIpc) is 3.02. The van der Waals surface area contributed by atoms with Gasteiger partial charge in [0.05, 0.1) is 11.5 Å². The van der Waals surface area contributed by atoms with Crippen molar-refractivity contribution in [1.29, 1.82) is 0 Å². The predicted molar refractivity (Wildman–Crippen MR) is 110 cm³/mol. The average molecular weight is 422 g/mol. The van der Waals surface area contributed by atoms with Gasteiger partial charge < -0.3 is 9.64 Å². The summed E-state index contributed by atoms with van der Waals surface area (Å²) >= 11 is 6.18. The number of nitrogens with zero attached hydrogens (tertiary/aromatic N) is 1. The molecule has 28 heavy (non-hydrogen) atoms. The van der Waals surface area contributed by atoms with Gasteiger partial charge in [0, 0.05) is 17.6 Å². The Morgan fingerprint density at radius 2 is 1.82 bits per heavy atom. The molecule has 2 aromatic carbocycles. The molecule has 1 heterocycles. The molecule has 1 aliphatic rings. The third-order valence-electron chi connectivity index (χ3n) is 4.94. The number of halogens is 1. The number of amides is 1. The molecule has 1 saturated heterocycles. The molecule has 1 aliphatic heterocycles. The van der Waals surface area contributed by atoms with Crippen LogP contribution in [0.15, 0.2) is 42.5 Å². The molecular formula is C21H24ClNO4S. The van der Waals surface area contributed by atoms with Gasteiger partial charge in [0.25, 0.3) is 5.91 Å².